The molecule has 0 amide bonds. The van der Waals surface area contributed by atoms with Gasteiger partial charge >= 0.3 is 0 Å². The lowest BCUT2D eigenvalue weighted by molar-refractivity contribution is 0.198. The summed E-state index contributed by atoms with van der Waals surface area (Å²) in [6, 6.07) is 19.9. The van der Waals surface area contributed by atoms with Crippen LogP contribution in [-0.4, -0.2) is 39.4 Å². The minimum absolute atomic E-state index is 0.617. The number of rotatable bonds is 7. The Morgan fingerprint density at radius 2 is 1.68 bits per heavy atom. The summed E-state index contributed by atoms with van der Waals surface area (Å²) in [6.45, 7) is 2.03. The highest BCUT2D eigenvalue weighted by atomic mass is 32.1. The molecule has 25 heavy (non-hydrogen) atoms. The van der Waals surface area contributed by atoms with Crippen molar-refractivity contribution in [3.05, 3.63) is 65.4 Å². The lowest BCUT2D eigenvalue weighted by Crippen LogP contribution is -2.27. The maximum absolute atomic E-state index is 5.74. The normalized spacial score (nSPS) is 11.0. The average Bonchev–Trinajstić information content (AvgIpc) is 2.92. The predicted octanol–water partition coefficient (Wildman–Crippen LogP) is 3.59. The van der Waals surface area contributed by atoms with Gasteiger partial charge in [-0.2, -0.15) is 5.10 Å². The Bertz CT molecular complexity index is 858. The van der Waals surface area contributed by atoms with E-state index in [-0.39, 0.29) is 0 Å². The highest BCUT2D eigenvalue weighted by Crippen LogP contribution is 2.16. The minimum Gasteiger partial charge on any atom is -0.492 e. The van der Waals surface area contributed by atoms with E-state index in [2.05, 4.69) is 10.00 Å². The molecule has 5 nitrogen and oxygen atoms in total. The molecule has 0 saturated carbocycles. The smallest absolute Gasteiger partial charge is 0.199 e. The van der Waals surface area contributed by atoms with Crippen LogP contribution in [0.2, 0.25) is 0 Å². The highest BCUT2D eigenvalue weighted by Gasteiger charge is 2.11. The van der Waals surface area contributed by atoms with Crippen LogP contribution in [-0.2, 0) is 13.7 Å². The monoisotopic (exact) mass is 354 g/mol. The van der Waals surface area contributed by atoms with Crippen LogP contribution in [0.4, 0.5) is 0 Å². The zero-order chi connectivity index (χ0) is 17.6. The summed E-state index contributed by atoms with van der Waals surface area (Å²) >= 11 is 5.53. The van der Waals surface area contributed by atoms with Crippen molar-refractivity contribution in [1.82, 2.24) is 19.2 Å². The Kier molecular flexibility index (Phi) is 5.63. The van der Waals surface area contributed by atoms with E-state index in [0.717, 1.165) is 23.7 Å². The second kappa shape index (κ2) is 8.09. The number of ether oxygens (including phenoxy) is 1. The van der Waals surface area contributed by atoms with E-state index in [9.17, 15) is 0 Å². The van der Waals surface area contributed by atoms with Gasteiger partial charge in [-0.1, -0.05) is 48.5 Å². The maximum atomic E-state index is 5.74. The number of benzene rings is 2. The van der Waals surface area contributed by atoms with Gasteiger partial charge in [0.1, 0.15) is 12.4 Å². The first-order valence-corrected chi connectivity index (χ1v) is 8.61. The van der Waals surface area contributed by atoms with Crippen molar-refractivity contribution in [3.63, 3.8) is 0 Å². The molecule has 1 heterocycles. The van der Waals surface area contributed by atoms with Gasteiger partial charge in [0.2, 0.25) is 0 Å². The van der Waals surface area contributed by atoms with Crippen molar-refractivity contribution >= 4 is 12.2 Å². The maximum Gasteiger partial charge on any atom is 0.199 e. The first-order chi connectivity index (χ1) is 12.1. The van der Waals surface area contributed by atoms with E-state index in [1.165, 1.54) is 0 Å². The molecule has 0 aliphatic rings. The lowest BCUT2D eigenvalue weighted by atomic mass is 10.2. The summed E-state index contributed by atoms with van der Waals surface area (Å²) in [5.41, 5.74) is 1.06. The van der Waals surface area contributed by atoms with Crippen LogP contribution in [0.5, 0.6) is 5.75 Å². The van der Waals surface area contributed by atoms with Gasteiger partial charge in [-0.15, -0.1) is 0 Å². The third-order valence-electron chi connectivity index (χ3n) is 3.93. The molecule has 3 rings (SSSR count). The van der Waals surface area contributed by atoms with E-state index in [0.29, 0.717) is 18.0 Å². The molecule has 0 N–H and O–H groups in total. The van der Waals surface area contributed by atoms with Crippen molar-refractivity contribution in [1.29, 1.82) is 0 Å². The molecule has 0 bridgehead atoms. The van der Waals surface area contributed by atoms with E-state index < -0.39 is 0 Å². The molecule has 0 unspecified atom stereocenters. The molecule has 0 radical (unpaired) electrons. The van der Waals surface area contributed by atoms with Gasteiger partial charge in [-0.25, -0.2) is 4.68 Å². The van der Waals surface area contributed by atoms with E-state index >= 15 is 0 Å². The molecular weight excluding hydrogens is 332 g/mol. The molecule has 0 aliphatic heterocycles. The molecule has 6 heteroatoms. The Morgan fingerprint density at radius 3 is 2.36 bits per heavy atom. The zero-order valence-corrected chi connectivity index (χ0v) is 15.3. The second-order valence-electron chi connectivity index (χ2n) is 5.91. The fraction of sp³-hybridized carbons (Fsp3) is 0.263. The fourth-order valence-electron chi connectivity index (χ4n) is 2.55. The van der Waals surface area contributed by atoms with Crippen LogP contribution in [0.3, 0.4) is 0 Å². The Balaban J connectivity index is 1.62. The second-order valence-corrected chi connectivity index (χ2v) is 6.28. The van der Waals surface area contributed by atoms with Gasteiger partial charge in [-0.05, 0) is 31.4 Å². The van der Waals surface area contributed by atoms with Crippen molar-refractivity contribution < 1.29 is 4.74 Å². The number of hydrogen-bond acceptors (Lipinski definition) is 4. The van der Waals surface area contributed by atoms with Crippen LogP contribution < -0.4 is 4.74 Å². The molecule has 0 fully saturated rings. The molecule has 1 aromatic heterocycles. The lowest BCUT2D eigenvalue weighted by Gasteiger charge is -2.16. The first kappa shape index (κ1) is 17.4. The number of hydrogen-bond donors (Lipinski definition) is 0. The molecule has 0 aliphatic carbocycles. The van der Waals surface area contributed by atoms with E-state index in [1.807, 2.05) is 84.0 Å². The summed E-state index contributed by atoms with van der Waals surface area (Å²) in [4.78, 5) is 2.14. The van der Waals surface area contributed by atoms with Crippen molar-refractivity contribution in [2.45, 2.75) is 6.67 Å². The molecule has 0 saturated heterocycles. The molecule has 130 valence electrons. The molecule has 0 spiro atoms. The molecule has 2 aromatic carbocycles. The van der Waals surface area contributed by atoms with Crippen LogP contribution in [0.25, 0.3) is 11.4 Å². The third kappa shape index (κ3) is 4.35. The van der Waals surface area contributed by atoms with Gasteiger partial charge in [0, 0.05) is 19.2 Å². The van der Waals surface area contributed by atoms with Crippen LogP contribution in [0.1, 0.15) is 0 Å². The molecular formula is C19H22N4OS. The molecule has 0 atom stereocenters. The van der Waals surface area contributed by atoms with E-state index in [1.54, 1.807) is 0 Å². The topological polar surface area (TPSA) is 35.2 Å². The van der Waals surface area contributed by atoms with Crippen molar-refractivity contribution in [3.8, 4) is 17.1 Å². The Labute approximate surface area is 153 Å². The number of aromatic nitrogens is 3. The van der Waals surface area contributed by atoms with Gasteiger partial charge in [0.15, 0.2) is 10.6 Å². The van der Waals surface area contributed by atoms with Crippen LogP contribution in [0.15, 0.2) is 60.7 Å². The number of likely N-dealkylation sites (N-methyl/N-ethyl adjacent to an activating group) is 1. The highest BCUT2D eigenvalue weighted by molar-refractivity contribution is 7.71. The van der Waals surface area contributed by atoms with Crippen LogP contribution >= 0.6 is 12.2 Å². The SMILES string of the molecule is CN(CCOc1ccccc1)Cn1nc(-c2ccccc2)n(C)c1=S. The van der Waals surface area contributed by atoms with E-state index in [4.69, 9.17) is 17.0 Å². The standard InChI is InChI=1S/C19H22N4OS/c1-21(13-14-24-17-11-7-4-8-12-17)15-23-19(25)22(2)18(20-23)16-9-5-3-6-10-16/h3-12H,13-15H2,1-2H3. The fourth-order valence-corrected chi connectivity index (χ4v) is 2.74. The largest absolute Gasteiger partial charge is 0.492 e. The molecule has 3 aromatic rings. The summed E-state index contributed by atoms with van der Waals surface area (Å²) < 4.78 is 10.2. The van der Waals surface area contributed by atoms with Gasteiger partial charge in [0.25, 0.3) is 0 Å². The van der Waals surface area contributed by atoms with Gasteiger partial charge in [-0.3, -0.25) is 4.90 Å². The van der Waals surface area contributed by atoms with Crippen molar-refractivity contribution in [2.24, 2.45) is 7.05 Å². The van der Waals surface area contributed by atoms with Gasteiger partial charge in [0.05, 0.1) is 6.67 Å². The number of para-hydroxylation sites is 1. The summed E-state index contributed by atoms with van der Waals surface area (Å²) in [5, 5.41) is 4.68. The Morgan fingerprint density at radius 1 is 1.04 bits per heavy atom. The zero-order valence-electron chi connectivity index (χ0n) is 14.5. The van der Waals surface area contributed by atoms with Crippen LogP contribution in [0, 0.1) is 4.77 Å². The first-order valence-electron chi connectivity index (χ1n) is 8.21. The Hall–Kier alpha value is -2.44. The predicted molar refractivity (Wildman–Crippen MR) is 102 cm³/mol. The number of nitrogens with zero attached hydrogens (tertiary/aromatic N) is 4. The minimum atomic E-state index is 0.617. The van der Waals surface area contributed by atoms with Crippen molar-refractivity contribution in [2.75, 3.05) is 20.2 Å². The summed E-state index contributed by atoms with van der Waals surface area (Å²) in [5.74, 6) is 1.76. The quantitative estimate of drug-likeness (QED) is 0.608. The average molecular weight is 354 g/mol. The third-order valence-corrected chi connectivity index (χ3v) is 4.42. The summed E-state index contributed by atoms with van der Waals surface area (Å²) in [6.07, 6.45) is 0. The summed E-state index contributed by atoms with van der Waals surface area (Å²) in [7, 11) is 3.99. The van der Waals surface area contributed by atoms with Gasteiger partial charge < -0.3 is 9.30 Å².